The quantitative estimate of drug-likeness (QED) is 0.298. The molecular weight excluding hydrogens is 274 g/mol. The molecule has 0 spiro atoms. The Labute approximate surface area is 123 Å². The average molecular weight is 297 g/mol. The fraction of sp³-hybridized carbons (Fsp3) is 0.571. The number of nitrogens with two attached hydrogens (primary N) is 1. The van der Waals surface area contributed by atoms with Crippen LogP contribution in [0, 0.1) is 0 Å². The molecule has 1 rings (SSSR count). The number of nitrogens with one attached hydrogen (secondary N) is 1. The molecule has 0 bridgehead atoms. The van der Waals surface area contributed by atoms with Gasteiger partial charge in [0.1, 0.15) is 5.54 Å². The first-order chi connectivity index (χ1) is 9.57. The molecule has 20 heavy (non-hydrogen) atoms. The van der Waals surface area contributed by atoms with E-state index in [1.54, 1.807) is 11.3 Å². The zero-order valence-electron chi connectivity index (χ0n) is 12.1. The summed E-state index contributed by atoms with van der Waals surface area (Å²) in [5.74, 6) is 0.00552. The number of nitrogens with zero attached hydrogens (tertiary/aromatic N) is 1. The Morgan fingerprint density at radius 2 is 2.20 bits per heavy atom. The van der Waals surface area contributed by atoms with Crippen LogP contribution in [0.15, 0.2) is 22.7 Å². The minimum absolute atomic E-state index is 0.0585. The van der Waals surface area contributed by atoms with Gasteiger partial charge < -0.3 is 16.3 Å². The van der Waals surface area contributed by atoms with Crippen LogP contribution in [0.4, 0.5) is 0 Å². The molecule has 6 heteroatoms. The van der Waals surface area contributed by atoms with Gasteiger partial charge in [-0.3, -0.25) is 4.79 Å². The first kappa shape index (κ1) is 16.5. The molecule has 1 heterocycles. The largest absolute Gasteiger partial charge is 0.409 e. The maximum Gasteiger partial charge on any atom is 0.220 e. The fourth-order valence-electron chi connectivity index (χ4n) is 2.16. The van der Waals surface area contributed by atoms with E-state index in [0.29, 0.717) is 19.3 Å². The molecule has 0 aliphatic rings. The zero-order chi connectivity index (χ0) is 15.0. The zero-order valence-corrected chi connectivity index (χ0v) is 12.9. The van der Waals surface area contributed by atoms with Crippen molar-refractivity contribution < 1.29 is 10.0 Å². The van der Waals surface area contributed by atoms with E-state index in [9.17, 15) is 4.79 Å². The molecule has 0 fully saturated rings. The summed E-state index contributed by atoms with van der Waals surface area (Å²) in [7, 11) is 0. The van der Waals surface area contributed by atoms with Crippen molar-refractivity contribution in [1.29, 1.82) is 0 Å². The van der Waals surface area contributed by atoms with Crippen LogP contribution in [0.1, 0.15) is 44.4 Å². The Balaban J connectivity index is 2.50. The van der Waals surface area contributed by atoms with E-state index in [-0.39, 0.29) is 11.7 Å². The van der Waals surface area contributed by atoms with Crippen molar-refractivity contribution >= 4 is 23.1 Å². The minimum Gasteiger partial charge on any atom is -0.409 e. The first-order valence-electron chi connectivity index (χ1n) is 6.89. The van der Waals surface area contributed by atoms with E-state index < -0.39 is 5.54 Å². The third kappa shape index (κ3) is 4.23. The molecule has 0 aromatic carbocycles. The van der Waals surface area contributed by atoms with Crippen molar-refractivity contribution in [1.82, 2.24) is 5.32 Å². The minimum atomic E-state index is -0.741. The molecule has 1 aromatic rings. The summed E-state index contributed by atoms with van der Waals surface area (Å²) in [5.41, 5.74) is 4.97. The van der Waals surface area contributed by atoms with Gasteiger partial charge in [-0.25, -0.2) is 0 Å². The predicted octanol–water partition coefficient (Wildman–Crippen LogP) is 2.49. The third-order valence-corrected chi connectivity index (χ3v) is 4.53. The van der Waals surface area contributed by atoms with Crippen molar-refractivity contribution in [2.75, 3.05) is 0 Å². The van der Waals surface area contributed by atoms with Crippen molar-refractivity contribution in [3.63, 3.8) is 0 Å². The average Bonchev–Trinajstić information content (AvgIpc) is 2.97. The van der Waals surface area contributed by atoms with Gasteiger partial charge in [-0.15, -0.1) is 11.3 Å². The predicted molar refractivity (Wildman–Crippen MR) is 82.1 cm³/mol. The molecule has 0 radical (unpaired) electrons. The Hall–Kier alpha value is -1.56. The Morgan fingerprint density at radius 3 is 2.70 bits per heavy atom. The number of amides is 1. The number of hydrogen-bond acceptors (Lipinski definition) is 4. The number of rotatable bonds is 8. The molecule has 0 aliphatic heterocycles. The number of carbonyl (C=O) groups excluding carboxylic acids is 1. The van der Waals surface area contributed by atoms with Crippen LogP contribution >= 0.6 is 11.3 Å². The second-order valence-electron chi connectivity index (χ2n) is 4.76. The molecular formula is C14H23N3O2S. The number of aryl methyl sites for hydroxylation is 1. The maximum atomic E-state index is 12.0. The topological polar surface area (TPSA) is 87.7 Å². The van der Waals surface area contributed by atoms with Gasteiger partial charge in [0.2, 0.25) is 5.91 Å². The molecule has 5 nitrogen and oxygen atoms in total. The van der Waals surface area contributed by atoms with E-state index in [1.807, 2.05) is 25.3 Å². The number of thiophene rings is 1. The summed E-state index contributed by atoms with van der Waals surface area (Å²) in [6.45, 7) is 3.82. The van der Waals surface area contributed by atoms with Crippen LogP contribution in [-0.2, 0) is 11.2 Å². The lowest BCUT2D eigenvalue weighted by molar-refractivity contribution is -0.122. The van der Waals surface area contributed by atoms with E-state index in [1.165, 1.54) is 4.88 Å². The number of hydrogen-bond donors (Lipinski definition) is 3. The molecule has 112 valence electrons. The van der Waals surface area contributed by atoms with E-state index >= 15 is 0 Å². The molecule has 0 aliphatic carbocycles. The monoisotopic (exact) mass is 297 g/mol. The lowest BCUT2D eigenvalue weighted by Crippen LogP contribution is -2.56. The van der Waals surface area contributed by atoms with Crippen LogP contribution in [0.2, 0.25) is 0 Å². The molecule has 0 saturated carbocycles. The molecule has 0 unspecified atom stereocenters. The summed E-state index contributed by atoms with van der Waals surface area (Å²) in [6.07, 6.45) is 3.33. The highest BCUT2D eigenvalue weighted by molar-refractivity contribution is 7.09. The highest BCUT2D eigenvalue weighted by Crippen LogP contribution is 2.17. The van der Waals surface area contributed by atoms with Gasteiger partial charge >= 0.3 is 0 Å². The summed E-state index contributed by atoms with van der Waals surface area (Å²) in [4.78, 5) is 13.3. The van der Waals surface area contributed by atoms with E-state index in [0.717, 1.165) is 12.8 Å². The molecule has 1 amide bonds. The SMILES string of the molecule is CCC(CC)(NC(=O)CCCc1cccs1)/C(N)=N/O. The van der Waals surface area contributed by atoms with E-state index in [2.05, 4.69) is 16.5 Å². The smallest absolute Gasteiger partial charge is 0.220 e. The maximum absolute atomic E-state index is 12.0. The van der Waals surface area contributed by atoms with Gasteiger partial charge in [0.15, 0.2) is 5.84 Å². The first-order valence-corrected chi connectivity index (χ1v) is 7.77. The number of oxime groups is 1. The van der Waals surface area contributed by atoms with Gasteiger partial charge in [-0.1, -0.05) is 25.1 Å². The van der Waals surface area contributed by atoms with Crippen molar-refractivity contribution in [2.45, 2.75) is 51.5 Å². The molecule has 0 saturated heterocycles. The molecule has 4 N–H and O–H groups in total. The van der Waals surface area contributed by atoms with Crippen LogP contribution in [0.3, 0.4) is 0 Å². The lowest BCUT2D eigenvalue weighted by Gasteiger charge is -2.31. The van der Waals surface area contributed by atoms with Crippen LogP contribution in [0.5, 0.6) is 0 Å². The van der Waals surface area contributed by atoms with Crippen molar-refractivity contribution in [3.05, 3.63) is 22.4 Å². The third-order valence-electron chi connectivity index (χ3n) is 3.59. The van der Waals surface area contributed by atoms with Gasteiger partial charge in [0.25, 0.3) is 0 Å². The second kappa shape index (κ2) is 7.89. The van der Waals surface area contributed by atoms with Crippen LogP contribution in [0.25, 0.3) is 0 Å². The Kier molecular flexibility index (Phi) is 6.51. The highest BCUT2D eigenvalue weighted by atomic mass is 32.1. The summed E-state index contributed by atoms with van der Waals surface area (Å²) < 4.78 is 0. The van der Waals surface area contributed by atoms with E-state index in [4.69, 9.17) is 10.9 Å². The second-order valence-corrected chi connectivity index (χ2v) is 5.79. The highest BCUT2D eigenvalue weighted by Gasteiger charge is 2.32. The molecule has 1 aromatic heterocycles. The number of carbonyl (C=O) groups is 1. The Morgan fingerprint density at radius 1 is 1.50 bits per heavy atom. The van der Waals surface area contributed by atoms with Gasteiger partial charge in [-0.2, -0.15) is 0 Å². The summed E-state index contributed by atoms with van der Waals surface area (Å²) in [6, 6.07) is 4.08. The van der Waals surface area contributed by atoms with Gasteiger partial charge in [0, 0.05) is 11.3 Å². The van der Waals surface area contributed by atoms with Gasteiger partial charge in [-0.05, 0) is 37.1 Å². The number of amidine groups is 1. The Bertz CT molecular complexity index is 439. The van der Waals surface area contributed by atoms with Crippen LogP contribution in [-0.4, -0.2) is 22.5 Å². The molecule has 0 atom stereocenters. The standard InChI is InChI=1S/C14H23N3O2S/c1-3-14(4-2,13(15)17-19)16-12(18)9-5-7-11-8-6-10-20-11/h6,8,10,19H,3-5,7,9H2,1-2H3,(H2,15,17)(H,16,18). The lowest BCUT2D eigenvalue weighted by atomic mass is 9.91. The van der Waals surface area contributed by atoms with Crippen LogP contribution < -0.4 is 11.1 Å². The summed E-state index contributed by atoms with van der Waals surface area (Å²) in [5, 5.41) is 16.9. The van der Waals surface area contributed by atoms with Crippen molar-refractivity contribution in [3.8, 4) is 0 Å². The normalized spacial score (nSPS) is 12.4. The van der Waals surface area contributed by atoms with Gasteiger partial charge in [0.05, 0.1) is 0 Å². The van der Waals surface area contributed by atoms with Crippen molar-refractivity contribution in [2.24, 2.45) is 10.9 Å². The summed E-state index contributed by atoms with van der Waals surface area (Å²) >= 11 is 1.70. The fourth-order valence-corrected chi connectivity index (χ4v) is 2.91.